The molecule has 0 saturated carbocycles. The molecule has 19 heavy (non-hydrogen) atoms. The fraction of sp³-hybridized carbons (Fsp3) is 0.467. The second kappa shape index (κ2) is 4.93. The number of thiazole rings is 1. The predicted octanol–water partition coefficient (Wildman–Crippen LogP) is 4.07. The fourth-order valence-corrected chi connectivity index (χ4v) is 3.12. The number of hydrogen-bond donors (Lipinski definition) is 1. The summed E-state index contributed by atoms with van der Waals surface area (Å²) in [5, 5.41) is 10.1. The largest absolute Gasteiger partial charge is 0.481 e. The molecule has 0 aliphatic heterocycles. The molecule has 0 bridgehead atoms. The van der Waals surface area contributed by atoms with Gasteiger partial charge in [0.25, 0.3) is 0 Å². The number of rotatable bonds is 4. The zero-order valence-electron chi connectivity index (χ0n) is 11.7. The lowest BCUT2D eigenvalue weighted by Gasteiger charge is -2.16. The van der Waals surface area contributed by atoms with Gasteiger partial charge in [0.1, 0.15) is 0 Å². The lowest BCUT2D eigenvalue weighted by molar-refractivity contribution is -0.146. The van der Waals surface area contributed by atoms with Crippen LogP contribution in [0.2, 0.25) is 0 Å². The number of nitrogens with zero attached hydrogens (tertiary/aromatic N) is 1. The number of carboxylic acids is 1. The van der Waals surface area contributed by atoms with E-state index in [-0.39, 0.29) is 0 Å². The van der Waals surface area contributed by atoms with Crippen molar-refractivity contribution in [2.45, 2.75) is 40.0 Å². The number of hydrogen-bond acceptors (Lipinski definition) is 3. The molecule has 0 spiro atoms. The Hall–Kier alpha value is -1.42. The first-order valence-electron chi connectivity index (χ1n) is 6.42. The summed E-state index contributed by atoms with van der Waals surface area (Å²) in [7, 11) is 0. The van der Waals surface area contributed by atoms with E-state index in [1.807, 2.05) is 6.07 Å². The van der Waals surface area contributed by atoms with Crippen molar-refractivity contribution >= 4 is 27.5 Å². The van der Waals surface area contributed by atoms with Gasteiger partial charge in [-0.1, -0.05) is 19.9 Å². The summed E-state index contributed by atoms with van der Waals surface area (Å²) in [6.07, 6.45) is 0.471. The van der Waals surface area contributed by atoms with Crippen LogP contribution in [0.5, 0.6) is 0 Å². The number of benzene rings is 1. The molecule has 0 unspecified atom stereocenters. The minimum absolute atomic E-state index is 0.471. The van der Waals surface area contributed by atoms with E-state index in [0.717, 1.165) is 15.2 Å². The molecule has 0 atom stereocenters. The van der Waals surface area contributed by atoms with Gasteiger partial charge in [-0.3, -0.25) is 4.79 Å². The molecule has 1 heterocycles. The van der Waals surface area contributed by atoms with Gasteiger partial charge in [0.05, 0.1) is 20.6 Å². The fourth-order valence-electron chi connectivity index (χ4n) is 1.88. The van der Waals surface area contributed by atoms with Crippen LogP contribution in [0.25, 0.3) is 10.2 Å². The molecule has 0 saturated heterocycles. The van der Waals surface area contributed by atoms with Crippen LogP contribution in [0.3, 0.4) is 0 Å². The lowest BCUT2D eigenvalue weighted by Crippen LogP contribution is -2.26. The highest BCUT2D eigenvalue weighted by Gasteiger charge is 2.28. The van der Waals surface area contributed by atoms with E-state index in [2.05, 4.69) is 31.0 Å². The van der Waals surface area contributed by atoms with Crippen molar-refractivity contribution in [2.75, 3.05) is 0 Å². The molecular weight excluding hydrogens is 258 g/mol. The van der Waals surface area contributed by atoms with E-state index in [9.17, 15) is 9.90 Å². The quantitative estimate of drug-likeness (QED) is 0.916. The predicted molar refractivity (Wildman–Crippen MR) is 78.8 cm³/mol. The molecule has 2 rings (SSSR count). The smallest absolute Gasteiger partial charge is 0.309 e. The van der Waals surface area contributed by atoms with Gasteiger partial charge in [-0.25, -0.2) is 4.98 Å². The standard InChI is InChI=1S/C15H19NO2S/c1-9(2)10-5-6-11-12(7-10)19-13(16-11)8-15(3,4)14(17)18/h5-7,9H,8H2,1-4H3,(H,17,18). The number of aromatic nitrogens is 1. The van der Waals surface area contributed by atoms with Gasteiger partial charge in [0.2, 0.25) is 0 Å². The molecule has 102 valence electrons. The Bertz CT molecular complexity index is 614. The average Bonchev–Trinajstić information content (AvgIpc) is 2.68. The molecule has 2 aromatic rings. The first kappa shape index (κ1) is 14.0. The zero-order valence-corrected chi connectivity index (χ0v) is 12.5. The lowest BCUT2D eigenvalue weighted by atomic mass is 9.90. The Morgan fingerprint density at radius 3 is 2.68 bits per heavy atom. The Balaban J connectivity index is 2.34. The number of carboxylic acid groups (broad SMARTS) is 1. The molecule has 4 heteroatoms. The van der Waals surface area contributed by atoms with Gasteiger partial charge >= 0.3 is 5.97 Å². The molecule has 0 amide bonds. The maximum atomic E-state index is 11.2. The van der Waals surface area contributed by atoms with Crippen molar-refractivity contribution in [1.82, 2.24) is 4.98 Å². The number of fused-ring (bicyclic) bond motifs is 1. The minimum atomic E-state index is -0.783. The van der Waals surface area contributed by atoms with Crippen LogP contribution in [0.15, 0.2) is 18.2 Å². The first-order valence-corrected chi connectivity index (χ1v) is 7.24. The summed E-state index contributed by atoms with van der Waals surface area (Å²) in [5.41, 5.74) is 1.49. The van der Waals surface area contributed by atoms with Gasteiger partial charge in [0.15, 0.2) is 0 Å². The summed E-state index contributed by atoms with van der Waals surface area (Å²) < 4.78 is 1.14. The highest BCUT2D eigenvalue weighted by Crippen LogP contribution is 2.30. The number of aliphatic carboxylic acids is 1. The second-order valence-corrected chi connectivity index (χ2v) is 6.97. The topological polar surface area (TPSA) is 50.2 Å². The molecule has 0 radical (unpaired) electrons. The zero-order chi connectivity index (χ0) is 14.2. The Labute approximate surface area is 117 Å². The third-order valence-electron chi connectivity index (χ3n) is 3.30. The van der Waals surface area contributed by atoms with Crippen LogP contribution in [-0.4, -0.2) is 16.1 Å². The van der Waals surface area contributed by atoms with Crippen molar-refractivity contribution in [3.05, 3.63) is 28.8 Å². The minimum Gasteiger partial charge on any atom is -0.481 e. The summed E-state index contributed by atoms with van der Waals surface area (Å²) >= 11 is 1.60. The van der Waals surface area contributed by atoms with E-state index in [4.69, 9.17) is 0 Å². The molecular formula is C15H19NO2S. The molecule has 1 aromatic carbocycles. The van der Waals surface area contributed by atoms with Crippen molar-refractivity contribution < 1.29 is 9.90 Å². The molecule has 0 aliphatic carbocycles. The van der Waals surface area contributed by atoms with Gasteiger partial charge in [-0.2, -0.15) is 0 Å². The van der Waals surface area contributed by atoms with E-state index in [0.29, 0.717) is 12.3 Å². The third-order valence-corrected chi connectivity index (χ3v) is 4.31. The van der Waals surface area contributed by atoms with Crippen molar-refractivity contribution in [1.29, 1.82) is 0 Å². The molecule has 1 N–H and O–H groups in total. The van der Waals surface area contributed by atoms with Crippen LogP contribution in [0.4, 0.5) is 0 Å². The third kappa shape index (κ3) is 2.95. The van der Waals surface area contributed by atoms with Crippen LogP contribution >= 0.6 is 11.3 Å². The van der Waals surface area contributed by atoms with Crippen molar-refractivity contribution in [3.8, 4) is 0 Å². The summed E-state index contributed by atoms with van der Waals surface area (Å²) in [5.74, 6) is -0.292. The summed E-state index contributed by atoms with van der Waals surface area (Å²) in [6, 6.07) is 6.28. The molecule has 3 nitrogen and oxygen atoms in total. The van der Waals surface area contributed by atoms with Gasteiger partial charge in [-0.15, -0.1) is 11.3 Å². The molecule has 1 aromatic heterocycles. The normalized spacial score (nSPS) is 12.3. The van der Waals surface area contributed by atoms with E-state index in [1.54, 1.807) is 25.2 Å². The van der Waals surface area contributed by atoms with E-state index in [1.165, 1.54) is 5.56 Å². The average molecular weight is 277 g/mol. The molecule has 0 aliphatic rings. The Morgan fingerprint density at radius 1 is 1.42 bits per heavy atom. The maximum Gasteiger partial charge on any atom is 0.309 e. The summed E-state index contributed by atoms with van der Waals surface area (Å²) in [4.78, 5) is 15.7. The Morgan fingerprint density at radius 2 is 2.11 bits per heavy atom. The van der Waals surface area contributed by atoms with Gasteiger partial charge in [0, 0.05) is 6.42 Å². The summed E-state index contributed by atoms with van der Waals surface area (Å²) in [6.45, 7) is 7.80. The van der Waals surface area contributed by atoms with Crippen LogP contribution in [0, 0.1) is 5.41 Å². The van der Waals surface area contributed by atoms with Crippen LogP contribution in [-0.2, 0) is 11.2 Å². The van der Waals surface area contributed by atoms with Crippen LogP contribution < -0.4 is 0 Å². The maximum absolute atomic E-state index is 11.2. The van der Waals surface area contributed by atoms with Crippen LogP contribution in [0.1, 0.15) is 44.2 Å². The van der Waals surface area contributed by atoms with Gasteiger partial charge in [-0.05, 0) is 37.5 Å². The van der Waals surface area contributed by atoms with Gasteiger partial charge < -0.3 is 5.11 Å². The number of carbonyl (C=O) groups is 1. The van der Waals surface area contributed by atoms with E-state index >= 15 is 0 Å². The van der Waals surface area contributed by atoms with E-state index < -0.39 is 11.4 Å². The second-order valence-electron chi connectivity index (χ2n) is 5.86. The monoisotopic (exact) mass is 277 g/mol. The molecule has 0 fully saturated rings. The highest BCUT2D eigenvalue weighted by molar-refractivity contribution is 7.18. The highest BCUT2D eigenvalue weighted by atomic mass is 32.1. The van der Waals surface area contributed by atoms with Crippen molar-refractivity contribution in [2.24, 2.45) is 5.41 Å². The Kier molecular flexibility index (Phi) is 3.63. The first-order chi connectivity index (χ1) is 8.79. The SMILES string of the molecule is CC(C)c1ccc2nc(CC(C)(C)C(=O)O)sc2c1. The van der Waals surface area contributed by atoms with Crippen molar-refractivity contribution in [3.63, 3.8) is 0 Å².